The highest BCUT2D eigenvalue weighted by molar-refractivity contribution is 9.11. The Morgan fingerprint density at radius 3 is 2.62 bits per heavy atom. The Kier molecular flexibility index (Phi) is 6.24. The van der Waals surface area contributed by atoms with Crippen LogP contribution in [0, 0.1) is 0 Å². The summed E-state index contributed by atoms with van der Waals surface area (Å²) < 4.78 is 7.52. The van der Waals surface area contributed by atoms with Crippen LogP contribution in [-0.2, 0) is 4.79 Å². The van der Waals surface area contributed by atoms with E-state index in [4.69, 9.17) is 4.74 Å². The summed E-state index contributed by atoms with van der Waals surface area (Å²) >= 11 is 6.98. The summed E-state index contributed by atoms with van der Waals surface area (Å²) in [6.07, 6.45) is 1.68. The van der Waals surface area contributed by atoms with E-state index in [0.717, 1.165) is 14.5 Å². The van der Waals surface area contributed by atoms with Gasteiger partial charge in [0.25, 0.3) is 5.91 Å². The van der Waals surface area contributed by atoms with E-state index in [1.807, 2.05) is 26.0 Å². The summed E-state index contributed by atoms with van der Waals surface area (Å²) in [5.74, 6) is -0.774. The second kappa shape index (κ2) is 8.51. The molecule has 0 atom stereocenters. The number of hydrazone groups is 1. The van der Waals surface area contributed by atoms with Gasteiger partial charge in [0, 0.05) is 10.0 Å². The number of hydrogen-bond acceptors (Lipinski definition) is 4. The smallest absolute Gasteiger partial charge is 0.335 e. The Balaban J connectivity index is 2.03. The summed E-state index contributed by atoms with van der Waals surface area (Å²) in [4.78, 5) is 24.3. The maximum absolute atomic E-state index is 13.0. The van der Waals surface area contributed by atoms with Gasteiger partial charge in [0.05, 0.1) is 33.1 Å². The number of carbonyl (C=O) groups is 2. The van der Waals surface area contributed by atoms with Crippen LogP contribution in [-0.4, -0.2) is 28.8 Å². The first-order chi connectivity index (χ1) is 13.7. The van der Waals surface area contributed by atoms with Crippen molar-refractivity contribution in [3.05, 3.63) is 62.0 Å². The van der Waals surface area contributed by atoms with E-state index < -0.39 is 5.97 Å². The lowest BCUT2D eigenvalue weighted by Crippen LogP contribution is -2.21. The molecule has 1 N–H and O–H groups in total. The second-order valence-electron chi connectivity index (χ2n) is 6.69. The summed E-state index contributed by atoms with van der Waals surface area (Å²) in [6, 6.07) is 9.85. The van der Waals surface area contributed by atoms with Gasteiger partial charge in [-0.1, -0.05) is 22.0 Å². The van der Waals surface area contributed by atoms with E-state index >= 15 is 0 Å². The molecule has 2 aromatic rings. The molecule has 1 aliphatic heterocycles. The molecule has 0 bridgehead atoms. The first kappa shape index (κ1) is 21.3. The Labute approximate surface area is 185 Å². The van der Waals surface area contributed by atoms with Crippen LogP contribution in [0.1, 0.15) is 36.7 Å². The average Bonchev–Trinajstić information content (AvgIpc) is 2.92. The van der Waals surface area contributed by atoms with Gasteiger partial charge in [-0.3, -0.25) is 4.79 Å². The van der Waals surface area contributed by atoms with Crippen LogP contribution in [0.3, 0.4) is 0 Å². The van der Waals surface area contributed by atoms with Crippen molar-refractivity contribution >= 4 is 61.2 Å². The van der Waals surface area contributed by atoms with Gasteiger partial charge in [0.1, 0.15) is 5.75 Å². The lowest BCUT2D eigenvalue weighted by molar-refractivity contribution is -0.114. The highest BCUT2D eigenvalue weighted by Gasteiger charge is 2.29. The highest BCUT2D eigenvalue weighted by Crippen LogP contribution is 2.36. The molecule has 1 amide bonds. The quantitative estimate of drug-likeness (QED) is 0.526. The molecule has 0 aliphatic carbocycles. The third-order valence-electron chi connectivity index (χ3n) is 4.09. The fraction of sp³-hybridized carbons (Fsp3) is 0.190. The van der Waals surface area contributed by atoms with Gasteiger partial charge in [-0.25, -0.2) is 4.79 Å². The van der Waals surface area contributed by atoms with E-state index in [1.165, 1.54) is 17.1 Å². The second-order valence-corrected chi connectivity index (χ2v) is 8.46. The molecule has 6 nitrogen and oxygen atoms in total. The molecule has 0 spiro atoms. The number of anilines is 1. The third-order valence-corrected chi connectivity index (χ3v) is 5.14. The van der Waals surface area contributed by atoms with Crippen LogP contribution < -0.4 is 9.75 Å². The van der Waals surface area contributed by atoms with E-state index in [2.05, 4.69) is 37.0 Å². The zero-order valence-electron chi connectivity index (χ0n) is 15.9. The number of hydrogen-bond donors (Lipinski definition) is 1. The maximum atomic E-state index is 13.0. The first-order valence-electron chi connectivity index (χ1n) is 8.78. The number of nitrogens with zero attached hydrogens (tertiary/aromatic N) is 2. The Bertz CT molecular complexity index is 1060. The molecule has 0 aromatic heterocycles. The monoisotopic (exact) mass is 520 g/mol. The van der Waals surface area contributed by atoms with Gasteiger partial charge in [-0.05, 0) is 73.1 Å². The van der Waals surface area contributed by atoms with Crippen molar-refractivity contribution in [3.8, 4) is 5.75 Å². The molecule has 8 heteroatoms. The minimum Gasteiger partial charge on any atom is -0.489 e. The molecular weight excluding hydrogens is 504 g/mol. The number of rotatable bonds is 5. The number of halogens is 2. The van der Waals surface area contributed by atoms with Crippen LogP contribution in [0.5, 0.6) is 5.75 Å². The van der Waals surface area contributed by atoms with E-state index in [9.17, 15) is 14.7 Å². The summed E-state index contributed by atoms with van der Waals surface area (Å²) in [6.45, 7) is 5.59. The molecule has 3 rings (SSSR count). The molecule has 2 aromatic carbocycles. The molecule has 0 fully saturated rings. The molecule has 29 heavy (non-hydrogen) atoms. The minimum atomic E-state index is -1.07. The number of carbonyl (C=O) groups excluding carboxylic acids is 1. The number of amides is 1. The van der Waals surface area contributed by atoms with Crippen LogP contribution in [0.25, 0.3) is 6.08 Å². The molecule has 1 heterocycles. The average molecular weight is 522 g/mol. The number of benzene rings is 2. The van der Waals surface area contributed by atoms with Crippen LogP contribution >= 0.6 is 31.9 Å². The molecule has 150 valence electrons. The maximum Gasteiger partial charge on any atom is 0.335 e. The van der Waals surface area contributed by atoms with Crippen molar-refractivity contribution in [1.82, 2.24) is 0 Å². The van der Waals surface area contributed by atoms with Gasteiger partial charge < -0.3 is 9.84 Å². The zero-order chi connectivity index (χ0) is 21.3. The van der Waals surface area contributed by atoms with Crippen molar-refractivity contribution in [2.75, 3.05) is 5.01 Å². The molecule has 0 saturated carbocycles. The van der Waals surface area contributed by atoms with Gasteiger partial charge >= 0.3 is 5.97 Å². The van der Waals surface area contributed by atoms with Gasteiger partial charge in [-0.15, -0.1) is 0 Å². The van der Waals surface area contributed by atoms with E-state index in [-0.39, 0.29) is 17.6 Å². The van der Waals surface area contributed by atoms with Crippen molar-refractivity contribution in [3.63, 3.8) is 0 Å². The van der Waals surface area contributed by atoms with Crippen LogP contribution in [0.2, 0.25) is 0 Å². The Morgan fingerprint density at radius 2 is 1.97 bits per heavy atom. The molecule has 0 radical (unpaired) electrons. The SMILES string of the molecule is CC1=NN(c2cccc(C(=O)O)c2)C(=O)C1=Cc1cc(Br)cc(Br)c1OC(C)C. The van der Waals surface area contributed by atoms with E-state index in [1.54, 1.807) is 25.1 Å². The number of carboxylic acids is 1. The van der Waals surface area contributed by atoms with Gasteiger partial charge in [0.2, 0.25) is 0 Å². The minimum absolute atomic E-state index is 0.0473. The normalized spacial score (nSPS) is 15.2. The lowest BCUT2D eigenvalue weighted by Gasteiger charge is -2.15. The predicted octanol–water partition coefficient (Wildman–Crippen LogP) is 5.50. The fourth-order valence-corrected chi connectivity index (χ4v) is 4.18. The van der Waals surface area contributed by atoms with Crippen molar-refractivity contribution < 1.29 is 19.4 Å². The standard InChI is InChI=1S/C21H18Br2N2O4/c1-11(2)29-19-14(7-15(22)10-18(19)23)9-17-12(3)24-25(20(17)26)16-6-4-5-13(8-16)21(27)28/h4-11H,1-3H3,(H,27,28). The largest absolute Gasteiger partial charge is 0.489 e. The topological polar surface area (TPSA) is 79.2 Å². The third kappa shape index (κ3) is 4.59. The molecule has 0 saturated heterocycles. The fourth-order valence-electron chi connectivity index (χ4n) is 2.83. The molecular formula is C21H18Br2N2O4. The predicted molar refractivity (Wildman–Crippen MR) is 120 cm³/mol. The highest BCUT2D eigenvalue weighted by atomic mass is 79.9. The number of aromatic carboxylic acids is 1. The first-order valence-corrected chi connectivity index (χ1v) is 10.4. The van der Waals surface area contributed by atoms with Crippen molar-refractivity contribution in [1.29, 1.82) is 0 Å². The van der Waals surface area contributed by atoms with Gasteiger partial charge in [0.15, 0.2) is 0 Å². The van der Waals surface area contributed by atoms with Crippen molar-refractivity contribution in [2.24, 2.45) is 5.10 Å². The molecule has 1 aliphatic rings. The molecule has 0 unspecified atom stereocenters. The summed E-state index contributed by atoms with van der Waals surface area (Å²) in [5.41, 5.74) is 2.14. The summed E-state index contributed by atoms with van der Waals surface area (Å²) in [7, 11) is 0. The van der Waals surface area contributed by atoms with Crippen LogP contribution in [0.15, 0.2) is 56.0 Å². The van der Waals surface area contributed by atoms with E-state index in [0.29, 0.717) is 22.7 Å². The lowest BCUT2D eigenvalue weighted by atomic mass is 10.1. The van der Waals surface area contributed by atoms with Gasteiger partial charge in [-0.2, -0.15) is 10.1 Å². The van der Waals surface area contributed by atoms with Crippen molar-refractivity contribution in [2.45, 2.75) is 26.9 Å². The zero-order valence-corrected chi connectivity index (χ0v) is 19.1. The number of carboxylic acid groups (broad SMARTS) is 1. The summed E-state index contributed by atoms with van der Waals surface area (Å²) in [5, 5.41) is 14.7. The number of ether oxygens (including phenoxy) is 1. The Morgan fingerprint density at radius 1 is 1.24 bits per heavy atom. The van der Waals surface area contributed by atoms with Crippen LogP contribution in [0.4, 0.5) is 5.69 Å². The Hall–Kier alpha value is -2.45.